The third kappa shape index (κ3) is 1.29. The van der Waals surface area contributed by atoms with Gasteiger partial charge in [0.15, 0.2) is 0 Å². The summed E-state index contributed by atoms with van der Waals surface area (Å²) in [5.74, 6) is 0. The molecule has 0 saturated carbocycles. The van der Waals surface area contributed by atoms with Crippen molar-refractivity contribution in [3.8, 4) is 0 Å². The van der Waals surface area contributed by atoms with Crippen LogP contribution in [0.15, 0.2) is 72.4 Å². The Hall–Kier alpha value is -2.48. The fourth-order valence-corrected chi connectivity index (χ4v) is 2.48. The summed E-state index contributed by atoms with van der Waals surface area (Å²) < 4.78 is 0. The standard InChI is InChI=1S/C16H12N2/c1-2-6-14-11-15-12-17-9-3-4-10-18(17)16(15)8-7-13(14)5-1/h1-12H. The number of benzene rings is 1. The summed E-state index contributed by atoms with van der Waals surface area (Å²) in [6.45, 7) is 0. The molecule has 0 N–H and O–H groups in total. The first-order valence-corrected chi connectivity index (χ1v) is 6.05. The Bertz CT molecular complexity index is 748. The quantitative estimate of drug-likeness (QED) is 0.670. The van der Waals surface area contributed by atoms with E-state index in [1.807, 2.05) is 12.2 Å². The maximum atomic E-state index is 2.24. The summed E-state index contributed by atoms with van der Waals surface area (Å²) >= 11 is 0. The molecular weight excluding hydrogens is 220 g/mol. The molecule has 0 aromatic heterocycles. The molecule has 0 radical (unpaired) electrons. The number of hydrogen-bond acceptors (Lipinski definition) is 2. The van der Waals surface area contributed by atoms with Crippen LogP contribution in [0.1, 0.15) is 0 Å². The third-order valence-electron chi connectivity index (χ3n) is 3.37. The molecule has 18 heavy (non-hydrogen) atoms. The Morgan fingerprint density at radius 1 is 0.833 bits per heavy atom. The molecule has 0 fully saturated rings. The summed E-state index contributed by atoms with van der Waals surface area (Å²) in [5.41, 5.74) is 2.46. The molecule has 1 aromatic carbocycles. The van der Waals surface area contributed by atoms with Gasteiger partial charge in [0.25, 0.3) is 0 Å². The second-order valence-electron chi connectivity index (χ2n) is 4.48. The maximum absolute atomic E-state index is 2.24. The van der Waals surface area contributed by atoms with Crippen molar-refractivity contribution >= 4 is 12.2 Å². The van der Waals surface area contributed by atoms with Crippen molar-refractivity contribution < 1.29 is 0 Å². The van der Waals surface area contributed by atoms with E-state index < -0.39 is 0 Å². The van der Waals surface area contributed by atoms with Crippen molar-refractivity contribution in [1.82, 2.24) is 10.0 Å². The first kappa shape index (κ1) is 9.54. The molecule has 0 unspecified atom stereocenters. The van der Waals surface area contributed by atoms with Crippen LogP contribution in [0.2, 0.25) is 0 Å². The van der Waals surface area contributed by atoms with E-state index in [9.17, 15) is 0 Å². The van der Waals surface area contributed by atoms with Gasteiger partial charge < -0.3 is 0 Å². The summed E-state index contributed by atoms with van der Waals surface area (Å²) in [6.07, 6.45) is 17.0. The zero-order chi connectivity index (χ0) is 11.9. The number of hydrogen-bond donors (Lipinski definition) is 0. The summed E-state index contributed by atoms with van der Waals surface area (Å²) in [4.78, 5) is 0. The molecule has 2 nitrogen and oxygen atoms in total. The van der Waals surface area contributed by atoms with Crippen LogP contribution in [0.4, 0.5) is 0 Å². The largest absolute Gasteiger partial charge is 0.263 e. The van der Waals surface area contributed by atoms with Gasteiger partial charge in [-0.15, -0.1) is 0 Å². The molecular formula is C16H12N2. The minimum atomic E-state index is 1.21. The number of allylic oxidation sites excluding steroid dienone is 4. The Morgan fingerprint density at radius 2 is 1.67 bits per heavy atom. The number of fused-ring (bicyclic) bond motifs is 4. The molecule has 86 valence electrons. The van der Waals surface area contributed by atoms with Gasteiger partial charge in [0, 0.05) is 24.2 Å². The minimum Gasteiger partial charge on any atom is -0.263 e. The lowest BCUT2D eigenvalue weighted by molar-refractivity contribution is 0.204. The third-order valence-corrected chi connectivity index (χ3v) is 3.37. The van der Waals surface area contributed by atoms with Gasteiger partial charge in [0.05, 0.1) is 5.70 Å². The highest BCUT2D eigenvalue weighted by molar-refractivity contribution is 5.65. The van der Waals surface area contributed by atoms with Crippen molar-refractivity contribution in [3.63, 3.8) is 0 Å². The molecule has 0 amide bonds. The average Bonchev–Trinajstić information content (AvgIpc) is 2.65. The molecule has 2 heteroatoms. The zero-order valence-electron chi connectivity index (χ0n) is 9.82. The van der Waals surface area contributed by atoms with E-state index in [4.69, 9.17) is 0 Å². The van der Waals surface area contributed by atoms with Gasteiger partial charge in [-0.05, 0) is 34.7 Å². The molecule has 2 heterocycles. The topological polar surface area (TPSA) is 6.48 Å². The first-order chi connectivity index (χ1) is 8.92. The van der Waals surface area contributed by atoms with Crippen LogP contribution in [-0.2, 0) is 0 Å². The van der Waals surface area contributed by atoms with E-state index in [0.717, 1.165) is 0 Å². The Balaban J connectivity index is 1.96. The van der Waals surface area contributed by atoms with Gasteiger partial charge in [0.2, 0.25) is 0 Å². The van der Waals surface area contributed by atoms with Crippen LogP contribution in [0.5, 0.6) is 0 Å². The summed E-state index contributed by atoms with van der Waals surface area (Å²) in [7, 11) is 0. The lowest BCUT2D eigenvalue weighted by atomic mass is 10.2. The van der Waals surface area contributed by atoms with Crippen LogP contribution in [-0.4, -0.2) is 10.0 Å². The summed E-state index contributed by atoms with van der Waals surface area (Å²) in [5, 5.41) is 6.78. The van der Waals surface area contributed by atoms with Crippen molar-refractivity contribution in [2.75, 3.05) is 0 Å². The van der Waals surface area contributed by atoms with Gasteiger partial charge in [-0.25, -0.2) is 0 Å². The normalized spacial score (nSPS) is 18.9. The zero-order valence-corrected chi connectivity index (χ0v) is 9.82. The van der Waals surface area contributed by atoms with Crippen LogP contribution in [0.3, 0.4) is 0 Å². The number of rotatable bonds is 0. The van der Waals surface area contributed by atoms with Crippen LogP contribution >= 0.6 is 0 Å². The number of hydrazine groups is 1. The van der Waals surface area contributed by atoms with Gasteiger partial charge in [-0.2, -0.15) is 0 Å². The summed E-state index contributed by atoms with van der Waals surface area (Å²) in [6, 6.07) is 8.46. The van der Waals surface area contributed by atoms with E-state index in [0.29, 0.717) is 0 Å². The molecule has 0 atom stereocenters. The lowest BCUT2D eigenvalue weighted by Gasteiger charge is -2.27. The highest BCUT2D eigenvalue weighted by Crippen LogP contribution is 2.30. The molecule has 3 aliphatic rings. The fraction of sp³-hybridized carbons (Fsp3) is 0. The molecule has 0 spiro atoms. The monoisotopic (exact) mass is 232 g/mol. The molecule has 2 aliphatic heterocycles. The van der Waals surface area contributed by atoms with Crippen LogP contribution in [0, 0.1) is 0 Å². The van der Waals surface area contributed by atoms with Crippen molar-refractivity contribution in [3.05, 3.63) is 82.8 Å². The van der Waals surface area contributed by atoms with Crippen molar-refractivity contribution in [2.24, 2.45) is 0 Å². The van der Waals surface area contributed by atoms with E-state index in [2.05, 4.69) is 71.1 Å². The maximum Gasteiger partial charge on any atom is 0.0717 e. The van der Waals surface area contributed by atoms with Gasteiger partial charge in [0.1, 0.15) is 0 Å². The lowest BCUT2D eigenvalue weighted by Crippen LogP contribution is -2.26. The SMILES string of the molecule is C1=CN2C=C3C=c4ccccc4=CC=C3N2C=C1. The fourth-order valence-electron chi connectivity index (χ4n) is 2.48. The van der Waals surface area contributed by atoms with Crippen LogP contribution < -0.4 is 10.4 Å². The first-order valence-electron chi connectivity index (χ1n) is 6.05. The Labute approximate surface area is 105 Å². The second-order valence-corrected chi connectivity index (χ2v) is 4.48. The van der Waals surface area contributed by atoms with Crippen molar-refractivity contribution in [1.29, 1.82) is 0 Å². The van der Waals surface area contributed by atoms with Gasteiger partial charge in [-0.3, -0.25) is 10.0 Å². The number of nitrogens with zero attached hydrogens (tertiary/aromatic N) is 2. The minimum absolute atomic E-state index is 1.21. The van der Waals surface area contributed by atoms with E-state index >= 15 is 0 Å². The predicted molar refractivity (Wildman–Crippen MR) is 72.7 cm³/mol. The Kier molecular flexibility index (Phi) is 1.86. The average molecular weight is 232 g/mol. The Morgan fingerprint density at radius 3 is 2.61 bits per heavy atom. The predicted octanol–water partition coefficient (Wildman–Crippen LogP) is 1.60. The van der Waals surface area contributed by atoms with Crippen LogP contribution in [0.25, 0.3) is 12.2 Å². The van der Waals surface area contributed by atoms with Gasteiger partial charge >= 0.3 is 0 Å². The smallest absolute Gasteiger partial charge is 0.0717 e. The molecule has 0 bridgehead atoms. The highest BCUT2D eigenvalue weighted by Gasteiger charge is 2.23. The van der Waals surface area contributed by atoms with E-state index in [1.54, 1.807) is 0 Å². The van der Waals surface area contributed by atoms with E-state index in [1.165, 1.54) is 21.7 Å². The molecule has 4 rings (SSSR count). The highest BCUT2D eigenvalue weighted by atomic mass is 15.6. The van der Waals surface area contributed by atoms with E-state index in [-0.39, 0.29) is 0 Å². The van der Waals surface area contributed by atoms with Gasteiger partial charge in [-0.1, -0.05) is 30.3 Å². The molecule has 1 aliphatic carbocycles. The second kappa shape index (κ2) is 3.50. The molecule has 1 aromatic rings. The molecule has 0 saturated heterocycles. The van der Waals surface area contributed by atoms with Crippen molar-refractivity contribution in [2.45, 2.75) is 0 Å².